The first-order valence-corrected chi connectivity index (χ1v) is 6.43. The molecule has 0 amide bonds. The molecule has 0 aliphatic rings. The number of rotatable bonds is 4. The van der Waals surface area contributed by atoms with Crippen molar-refractivity contribution in [2.45, 2.75) is 6.92 Å². The van der Waals surface area contributed by atoms with Crippen LogP contribution in [0.2, 0.25) is 0 Å². The fourth-order valence-corrected chi connectivity index (χ4v) is 2.07. The van der Waals surface area contributed by atoms with E-state index in [-0.39, 0.29) is 10.8 Å². The summed E-state index contributed by atoms with van der Waals surface area (Å²) in [5.74, 6) is 0.197. The number of nitrogens with two attached hydrogens (primary N) is 1. The van der Waals surface area contributed by atoms with E-state index in [4.69, 9.17) is 22.7 Å². The summed E-state index contributed by atoms with van der Waals surface area (Å²) in [6.45, 7) is 1.90. The Morgan fingerprint density at radius 2 is 2.05 bits per heavy atom. The smallest absolute Gasteiger partial charge is 0.146 e. The number of ether oxygens (including phenoxy) is 1. The van der Waals surface area contributed by atoms with Gasteiger partial charge in [-0.2, -0.15) is 0 Å². The van der Waals surface area contributed by atoms with Gasteiger partial charge in [-0.25, -0.2) is 4.39 Å². The summed E-state index contributed by atoms with van der Waals surface area (Å²) in [7, 11) is 1.53. The molecule has 0 spiro atoms. The van der Waals surface area contributed by atoms with Crippen LogP contribution < -0.4 is 15.8 Å². The van der Waals surface area contributed by atoms with Crippen molar-refractivity contribution < 1.29 is 9.13 Å². The third-order valence-electron chi connectivity index (χ3n) is 2.97. The maximum atomic E-state index is 13.9. The van der Waals surface area contributed by atoms with Crippen molar-refractivity contribution in [3.05, 3.63) is 53.3 Å². The van der Waals surface area contributed by atoms with Gasteiger partial charge < -0.3 is 15.8 Å². The number of benzene rings is 2. The van der Waals surface area contributed by atoms with Crippen molar-refractivity contribution in [1.82, 2.24) is 0 Å². The molecule has 3 N–H and O–H groups in total. The minimum Gasteiger partial charge on any atom is -0.497 e. The highest BCUT2D eigenvalue weighted by Gasteiger charge is 2.11. The molecule has 0 aromatic heterocycles. The van der Waals surface area contributed by atoms with Crippen LogP contribution in [0, 0.1) is 12.7 Å². The molecule has 0 atom stereocenters. The van der Waals surface area contributed by atoms with Gasteiger partial charge in [0.2, 0.25) is 0 Å². The van der Waals surface area contributed by atoms with Crippen molar-refractivity contribution in [3.8, 4) is 5.75 Å². The highest BCUT2D eigenvalue weighted by Crippen LogP contribution is 2.28. The summed E-state index contributed by atoms with van der Waals surface area (Å²) in [5.41, 5.74) is 8.33. The lowest BCUT2D eigenvalue weighted by molar-refractivity contribution is 0.414. The van der Waals surface area contributed by atoms with Gasteiger partial charge in [-0.3, -0.25) is 0 Å². The lowest BCUT2D eigenvalue weighted by Gasteiger charge is -2.15. The molecular weight excluding hydrogens is 275 g/mol. The second kappa shape index (κ2) is 5.88. The van der Waals surface area contributed by atoms with Crippen molar-refractivity contribution in [2.75, 3.05) is 12.4 Å². The average Bonchev–Trinajstić information content (AvgIpc) is 2.43. The monoisotopic (exact) mass is 290 g/mol. The summed E-state index contributed by atoms with van der Waals surface area (Å²) in [4.78, 5) is 0.263. The van der Waals surface area contributed by atoms with Gasteiger partial charge in [0, 0.05) is 11.6 Å². The number of anilines is 2. The zero-order valence-corrected chi connectivity index (χ0v) is 12.1. The Labute approximate surface area is 122 Å². The normalized spacial score (nSPS) is 10.2. The van der Waals surface area contributed by atoms with E-state index >= 15 is 0 Å². The summed E-state index contributed by atoms with van der Waals surface area (Å²) in [5, 5.41) is 3.04. The summed E-state index contributed by atoms with van der Waals surface area (Å²) in [6, 6.07) is 10.1. The van der Waals surface area contributed by atoms with E-state index in [0.29, 0.717) is 22.7 Å². The Kier molecular flexibility index (Phi) is 4.20. The molecule has 5 heteroatoms. The van der Waals surface area contributed by atoms with E-state index in [2.05, 4.69) is 5.32 Å². The Hall–Kier alpha value is -2.14. The maximum absolute atomic E-state index is 13.9. The second-order valence-electron chi connectivity index (χ2n) is 4.33. The van der Waals surface area contributed by atoms with Crippen LogP contribution in [0.3, 0.4) is 0 Å². The first kappa shape index (κ1) is 14.3. The van der Waals surface area contributed by atoms with Crippen LogP contribution in [-0.2, 0) is 0 Å². The van der Waals surface area contributed by atoms with Gasteiger partial charge >= 0.3 is 0 Å². The average molecular weight is 290 g/mol. The molecule has 2 rings (SSSR count). The molecule has 3 nitrogen and oxygen atoms in total. The first-order chi connectivity index (χ1) is 9.52. The highest BCUT2D eigenvalue weighted by molar-refractivity contribution is 7.80. The van der Waals surface area contributed by atoms with E-state index in [0.717, 1.165) is 5.56 Å². The minimum absolute atomic E-state index is 0.263. The molecule has 0 saturated heterocycles. The Bertz CT molecular complexity index is 658. The number of thiocarbonyl (C=S) groups is 1. The lowest BCUT2D eigenvalue weighted by Crippen LogP contribution is -2.13. The highest BCUT2D eigenvalue weighted by atomic mass is 32.1. The SMILES string of the molecule is COc1ccc(F)c(Nc2c(C)cccc2C(N)=S)c1. The minimum atomic E-state index is -0.372. The van der Waals surface area contributed by atoms with Crippen LogP contribution in [-0.4, -0.2) is 12.1 Å². The van der Waals surface area contributed by atoms with Crippen molar-refractivity contribution in [3.63, 3.8) is 0 Å². The molecule has 0 unspecified atom stereocenters. The van der Waals surface area contributed by atoms with Crippen molar-refractivity contribution >= 4 is 28.6 Å². The van der Waals surface area contributed by atoms with E-state index in [1.165, 1.54) is 13.2 Å². The molecule has 0 saturated carbocycles. The number of hydrogen-bond donors (Lipinski definition) is 2. The van der Waals surface area contributed by atoms with Gasteiger partial charge in [0.05, 0.1) is 18.5 Å². The quantitative estimate of drug-likeness (QED) is 0.846. The third-order valence-corrected chi connectivity index (χ3v) is 3.19. The molecule has 104 valence electrons. The van der Waals surface area contributed by atoms with Gasteiger partial charge in [0.15, 0.2) is 0 Å². The van der Waals surface area contributed by atoms with Crippen LogP contribution >= 0.6 is 12.2 Å². The van der Waals surface area contributed by atoms with E-state index in [1.807, 2.05) is 19.1 Å². The van der Waals surface area contributed by atoms with E-state index in [9.17, 15) is 4.39 Å². The van der Waals surface area contributed by atoms with Gasteiger partial charge in [-0.1, -0.05) is 24.4 Å². The summed E-state index contributed by atoms with van der Waals surface area (Å²) in [6.07, 6.45) is 0. The second-order valence-corrected chi connectivity index (χ2v) is 4.77. The van der Waals surface area contributed by atoms with Crippen LogP contribution in [0.25, 0.3) is 0 Å². The predicted molar refractivity (Wildman–Crippen MR) is 83.3 cm³/mol. The standard InChI is InChI=1S/C15H15FN2OS/c1-9-4-3-5-11(15(17)20)14(9)18-13-8-10(19-2)6-7-12(13)16/h3-8,18H,1-2H3,(H2,17,20). The molecule has 0 aliphatic carbocycles. The van der Waals surface area contributed by atoms with Crippen molar-refractivity contribution in [2.24, 2.45) is 5.73 Å². The molecule has 20 heavy (non-hydrogen) atoms. The predicted octanol–water partition coefficient (Wildman–Crippen LogP) is 3.52. The number of hydrogen-bond acceptors (Lipinski definition) is 3. The van der Waals surface area contributed by atoms with Crippen LogP contribution in [0.1, 0.15) is 11.1 Å². The Morgan fingerprint density at radius 1 is 1.30 bits per heavy atom. The van der Waals surface area contributed by atoms with Gasteiger partial charge in [-0.15, -0.1) is 0 Å². The third kappa shape index (κ3) is 2.88. The van der Waals surface area contributed by atoms with E-state index < -0.39 is 0 Å². The van der Waals surface area contributed by atoms with Gasteiger partial charge in [0.1, 0.15) is 16.6 Å². The lowest BCUT2D eigenvalue weighted by atomic mass is 10.1. The molecule has 0 bridgehead atoms. The number of aryl methyl sites for hydroxylation is 1. The molecule has 0 heterocycles. The zero-order valence-electron chi connectivity index (χ0n) is 11.2. The van der Waals surface area contributed by atoms with E-state index in [1.54, 1.807) is 18.2 Å². The number of methoxy groups -OCH3 is 1. The molecule has 2 aromatic rings. The maximum Gasteiger partial charge on any atom is 0.146 e. The van der Waals surface area contributed by atoms with Gasteiger partial charge in [-0.05, 0) is 30.7 Å². The Morgan fingerprint density at radius 3 is 2.70 bits per heavy atom. The molecule has 0 fully saturated rings. The number of para-hydroxylation sites is 1. The summed E-state index contributed by atoms with van der Waals surface area (Å²) >= 11 is 5.03. The number of nitrogens with one attached hydrogen (secondary N) is 1. The molecule has 0 radical (unpaired) electrons. The van der Waals surface area contributed by atoms with Crippen molar-refractivity contribution in [1.29, 1.82) is 0 Å². The topological polar surface area (TPSA) is 47.3 Å². The number of halogens is 1. The molecule has 2 aromatic carbocycles. The van der Waals surface area contributed by atoms with Crippen LogP contribution in [0.4, 0.5) is 15.8 Å². The zero-order chi connectivity index (χ0) is 14.7. The molecule has 0 aliphatic heterocycles. The molecular formula is C15H15FN2OS. The fraction of sp³-hybridized carbons (Fsp3) is 0.133. The van der Waals surface area contributed by atoms with Crippen LogP contribution in [0.5, 0.6) is 5.75 Å². The van der Waals surface area contributed by atoms with Crippen LogP contribution in [0.15, 0.2) is 36.4 Å². The fourth-order valence-electron chi connectivity index (χ4n) is 1.90. The summed E-state index contributed by atoms with van der Waals surface area (Å²) < 4.78 is 19.0. The Balaban J connectivity index is 2.47. The largest absolute Gasteiger partial charge is 0.497 e. The van der Waals surface area contributed by atoms with Gasteiger partial charge in [0.25, 0.3) is 0 Å². The first-order valence-electron chi connectivity index (χ1n) is 6.03.